The normalized spacial score (nSPS) is 10.9. The average Bonchev–Trinajstić information content (AvgIpc) is 2.14. The number of anilines is 1. The molecule has 1 amide bonds. The number of nitrogens with zero attached hydrogens (tertiary/aromatic N) is 1. The van der Waals surface area contributed by atoms with Crippen molar-refractivity contribution in [3.05, 3.63) is 18.5 Å². The minimum atomic E-state index is -1.62. The highest BCUT2D eigenvalue weighted by Crippen LogP contribution is 2.09. The Morgan fingerprint density at radius 2 is 2.06 bits per heavy atom. The molecule has 1 heterocycles. The van der Waals surface area contributed by atoms with Crippen molar-refractivity contribution in [2.45, 2.75) is 26.4 Å². The van der Waals surface area contributed by atoms with Crippen molar-refractivity contribution in [3.63, 3.8) is 0 Å². The standard InChI is InChI=1S/C10H15BN2O4/c1-10(2,3)17-9(14)13-8-4-7(11(15)16)5-12-6-8/h4-6,15-16H,1-3H3,(H,13,14). The molecule has 0 atom stereocenters. The van der Waals surface area contributed by atoms with Gasteiger partial charge in [0.15, 0.2) is 0 Å². The molecule has 0 aromatic carbocycles. The van der Waals surface area contributed by atoms with Gasteiger partial charge in [-0.3, -0.25) is 10.3 Å². The number of hydrogen-bond donors (Lipinski definition) is 3. The van der Waals surface area contributed by atoms with Crippen molar-refractivity contribution in [2.24, 2.45) is 0 Å². The van der Waals surface area contributed by atoms with Crippen LogP contribution in [-0.2, 0) is 4.74 Å². The zero-order valence-corrected chi connectivity index (χ0v) is 9.97. The highest BCUT2D eigenvalue weighted by atomic mass is 16.6. The van der Waals surface area contributed by atoms with Gasteiger partial charge in [-0.1, -0.05) is 0 Å². The number of rotatable bonds is 2. The summed E-state index contributed by atoms with van der Waals surface area (Å²) < 4.78 is 5.04. The quantitative estimate of drug-likeness (QED) is 0.636. The van der Waals surface area contributed by atoms with E-state index in [1.165, 1.54) is 18.5 Å². The molecule has 0 aliphatic heterocycles. The molecule has 7 heteroatoms. The van der Waals surface area contributed by atoms with Gasteiger partial charge < -0.3 is 14.8 Å². The lowest BCUT2D eigenvalue weighted by atomic mass is 9.81. The number of ether oxygens (including phenoxy) is 1. The largest absolute Gasteiger partial charge is 0.490 e. The number of carbonyl (C=O) groups excluding carboxylic acids is 1. The highest BCUT2D eigenvalue weighted by molar-refractivity contribution is 6.58. The lowest BCUT2D eigenvalue weighted by Crippen LogP contribution is -2.31. The third-order valence-corrected chi connectivity index (χ3v) is 1.70. The fraction of sp³-hybridized carbons (Fsp3) is 0.400. The summed E-state index contributed by atoms with van der Waals surface area (Å²) in [5.74, 6) is 0. The summed E-state index contributed by atoms with van der Waals surface area (Å²) in [6.45, 7) is 5.25. The Hall–Kier alpha value is -1.60. The van der Waals surface area contributed by atoms with Gasteiger partial charge in [0.05, 0.1) is 11.9 Å². The first-order valence-corrected chi connectivity index (χ1v) is 5.09. The minimum Gasteiger partial charge on any atom is -0.444 e. The van der Waals surface area contributed by atoms with Crippen molar-refractivity contribution >= 4 is 24.4 Å². The van der Waals surface area contributed by atoms with Crippen LogP contribution in [0.3, 0.4) is 0 Å². The second-order valence-corrected chi connectivity index (χ2v) is 4.51. The van der Waals surface area contributed by atoms with Crippen LogP contribution in [0.15, 0.2) is 18.5 Å². The summed E-state index contributed by atoms with van der Waals surface area (Å²) in [5, 5.41) is 20.3. The molecule has 0 saturated carbocycles. The number of hydrogen-bond acceptors (Lipinski definition) is 5. The van der Waals surface area contributed by atoms with E-state index >= 15 is 0 Å². The van der Waals surface area contributed by atoms with Crippen molar-refractivity contribution in [3.8, 4) is 0 Å². The van der Waals surface area contributed by atoms with Crippen molar-refractivity contribution in [2.75, 3.05) is 5.32 Å². The van der Waals surface area contributed by atoms with E-state index < -0.39 is 18.8 Å². The van der Waals surface area contributed by atoms with E-state index in [0.29, 0.717) is 5.69 Å². The molecule has 0 radical (unpaired) electrons. The highest BCUT2D eigenvalue weighted by Gasteiger charge is 2.17. The maximum Gasteiger partial charge on any atom is 0.490 e. The Balaban J connectivity index is 2.69. The molecule has 0 fully saturated rings. The van der Waals surface area contributed by atoms with Crippen LogP contribution >= 0.6 is 0 Å². The number of nitrogens with one attached hydrogen (secondary N) is 1. The Morgan fingerprint density at radius 3 is 2.59 bits per heavy atom. The lowest BCUT2D eigenvalue weighted by Gasteiger charge is -2.19. The second kappa shape index (κ2) is 5.16. The van der Waals surface area contributed by atoms with Crippen LogP contribution in [0.1, 0.15) is 20.8 Å². The number of amides is 1. The first-order valence-electron chi connectivity index (χ1n) is 5.09. The van der Waals surface area contributed by atoms with Gasteiger partial charge in [0.2, 0.25) is 0 Å². The van der Waals surface area contributed by atoms with Crippen LogP contribution < -0.4 is 10.8 Å². The van der Waals surface area contributed by atoms with Gasteiger partial charge in [0.1, 0.15) is 5.60 Å². The maximum absolute atomic E-state index is 11.4. The van der Waals surface area contributed by atoms with E-state index in [2.05, 4.69) is 10.3 Å². The molecular formula is C10H15BN2O4. The van der Waals surface area contributed by atoms with E-state index in [0.717, 1.165) is 0 Å². The van der Waals surface area contributed by atoms with E-state index in [1.54, 1.807) is 20.8 Å². The Morgan fingerprint density at radius 1 is 1.41 bits per heavy atom. The smallest absolute Gasteiger partial charge is 0.444 e. The molecule has 1 aromatic rings. The van der Waals surface area contributed by atoms with Gasteiger partial charge in [0.25, 0.3) is 0 Å². The minimum absolute atomic E-state index is 0.193. The molecule has 6 nitrogen and oxygen atoms in total. The summed E-state index contributed by atoms with van der Waals surface area (Å²) >= 11 is 0. The van der Waals surface area contributed by atoms with Crippen LogP contribution in [0.2, 0.25) is 0 Å². The zero-order chi connectivity index (χ0) is 13.1. The van der Waals surface area contributed by atoms with E-state index in [-0.39, 0.29) is 5.46 Å². The van der Waals surface area contributed by atoms with Gasteiger partial charge >= 0.3 is 13.2 Å². The molecule has 17 heavy (non-hydrogen) atoms. The van der Waals surface area contributed by atoms with Crippen LogP contribution in [0.4, 0.5) is 10.5 Å². The van der Waals surface area contributed by atoms with Gasteiger partial charge in [-0.25, -0.2) is 4.79 Å². The summed E-state index contributed by atoms with van der Waals surface area (Å²) in [6.07, 6.45) is 2.06. The summed E-state index contributed by atoms with van der Waals surface area (Å²) in [7, 11) is -1.62. The Bertz CT molecular complexity index is 404. The summed E-state index contributed by atoms with van der Waals surface area (Å²) in [5.41, 5.74) is -0.0607. The first kappa shape index (κ1) is 13.5. The molecule has 0 bridgehead atoms. The molecular weight excluding hydrogens is 223 g/mol. The average molecular weight is 238 g/mol. The van der Waals surface area contributed by atoms with Crippen molar-refractivity contribution < 1.29 is 19.6 Å². The Kier molecular flexibility index (Phi) is 4.09. The van der Waals surface area contributed by atoms with Crippen molar-refractivity contribution in [1.29, 1.82) is 0 Å². The fourth-order valence-corrected chi connectivity index (χ4v) is 1.09. The predicted octanol–water partition coefficient (Wildman–Crippen LogP) is 0.108. The number of pyridine rings is 1. The van der Waals surface area contributed by atoms with Gasteiger partial charge in [-0.05, 0) is 26.8 Å². The molecule has 0 aliphatic rings. The van der Waals surface area contributed by atoms with Gasteiger partial charge in [0, 0.05) is 11.7 Å². The SMILES string of the molecule is CC(C)(C)OC(=O)Nc1cncc(B(O)O)c1. The van der Waals surface area contributed by atoms with E-state index in [9.17, 15) is 4.79 Å². The van der Waals surface area contributed by atoms with Crippen molar-refractivity contribution in [1.82, 2.24) is 4.98 Å². The van der Waals surface area contributed by atoms with Crippen LogP contribution in [0.25, 0.3) is 0 Å². The van der Waals surface area contributed by atoms with Crippen LogP contribution in [0, 0.1) is 0 Å². The second-order valence-electron chi connectivity index (χ2n) is 4.51. The lowest BCUT2D eigenvalue weighted by molar-refractivity contribution is 0.0636. The summed E-state index contributed by atoms with van der Waals surface area (Å²) in [4.78, 5) is 15.2. The third-order valence-electron chi connectivity index (χ3n) is 1.70. The van der Waals surface area contributed by atoms with Gasteiger partial charge in [-0.2, -0.15) is 0 Å². The molecule has 3 N–H and O–H groups in total. The van der Waals surface area contributed by atoms with Gasteiger partial charge in [-0.15, -0.1) is 0 Å². The van der Waals surface area contributed by atoms with E-state index in [4.69, 9.17) is 14.8 Å². The molecule has 0 unspecified atom stereocenters. The molecule has 92 valence electrons. The Labute approximate surface area is 99.8 Å². The molecule has 1 aromatic heterocycles. The molecule has 0 saturated heterocycles. The first-order chi connectivity index (χ1) is 7.78. The maximum atomic E-state index is 11.4. The van der Waals surface area contributed by atoms with E-state index in [1.807, 2.05) is 0 Å². The molecule has 1 rings (SSSR count). The monoisotopic (exact) mass is 238 g/mol. The number of carbonyl (C=O) groups is 1. The predicted molar refractivity (Wildman–Crippen MR) is 63.9 cm³/mol. The topological polar surface area (TPSA) is 91.7 Å². The summed E-state index contributed by atoms with van der Waals surface area (Å²) in [6, 6.07) is 1.40. The molecule has 0 spiro atoms. The fourth-order valence-electron chi connectivity index (χ4n) is 1.09. The van der Waals surface area contributed by atoms with Crippen LogP contribution in [-0.4, -0.2) is 33.8 Å². The molecule has 0 aliphatic carbocycles. The zero-order valence-electron chi connectivity index (χ0n) is 9.97. The van der Waals surface area contributed by atoms with Crippen LogP contribution in [0.5, 0.6) is 0 Å². The number of aromatic nitrogens is 1. The third kappa shape index (κ3) is 4.84.